The van der Waals surface area contributed by atoms with Gasteiger partial charge in [-0.3, -0.25) is 14.5 Å². The van der Waals surface area contributed by atoms with Crippen LogP contribution in [0.5, 0.6) is 0 Å². The van der Waals surface area contributed by atoms with Crippen LogP contribution in [0, 0.1) is 11.8 Å². The zero-order chi connectivity index (χ0) is 12.0. The Kier molecular flexibility index (Phi) is 2.83. The lowest BCUT2D eigenvalue weighted by atomic mass is 10.00. The van der Waals surface area contributed by atoms with E-state index < -0.39 is 0 Å². The van der Waals surface area contributed by atoms with Gasteiger partial charge in [-0.25, -0.2) is 0 Å². The van der Waals surface area contributed by atoms with Gasteiger partial charge in [0.2, 0.25) is 11.8 Å². The second kappa shape index (κ2) is 4.21. The van der Waals surface area contributed by atoms with Crippen LogP contribution in [0.2, 0.25) is 0 Å². The van der Waals surface area contributed by atoms with E-state index in [0.29, 0.717) is 6.54 Å². The van der Waals surface area contributed by atoms with Crippen molar-refractivity contribution in [1.82, 2.24) is 4.90 Å². The predicted molar refractivity (Wildman–Crippen MR) is 68.4 cm³/mol. The number of hydrogen-bond acceptors (Lipinski definition) is 3. The minimum Gasteiger partial charge on any atom is -0.277 e. The van der Waals surface area contributed by atoms with Gasteiger partial charge in [0.25, 0.3) is 0 Å². The maximum Gasteiger partial charge on any atom is 0.233 e. The summed E-state index contributed by atoms with van der Waals surface area (Å²) in [6.45, 7) is 0.445. The van der Waals surface area contributed by atoms with Crippen molar-refractivity contribution in [2.45, 2.75) is 25.8 Å². The molecule has 0 radical (unpaired) electrons. The Morgan fingerprint density at radius 3 is 2.41 bits per heavy atom. The Bertz CT molecular complexity index is 463. The van der Waals surface area contributed by atoms with Gasteiger partial charge in [0.15, 0.2) is 0 Å². The van der Waals surface area contributed by atoms with Crippen LogP contribution in [0.3, 0.4) is 0 Å². The van der Waals surface area contributed by atoms with Crippen molar-refractivity contribution in [2.75, 3.05) is 0 Å². The summed E-state index contributed by atoms with van der Waals surface area (Å²) in [6.07, 6.45) is 2.80. The third-order valence-electron chi connectivity index (χ3n) is 3.63. The number of halogens is 1. The number of carbonyl (C=O) groups excluding carboxylic acids is 2. The van der Waals surface area contributed by atoms with Crippen molar-refractivity contribution in [3.8, 4) is 0 Å². The molecule has 5 heteroatoms. The van der Waals surface area contributed by atoms with Gasteiger partial charge in [-0.05, 0) is 40.9 Å². The standard InChI is InChI=1S/C12H12BrNO2S/c13-10-5-4-7(17-10)6-14-11(15)8-2-1-3-9(8)12(14)16/h4-5,8-9H,1-3,6H2. The summed E-state index contributed by atoms with van der Waals surface area (Å²) in [5.41, 5.74) is 0. The van der Waals surface area contributed by atoms with Gasteiger partial charge in [-0.2, -0.15) is 0 Å². The highest BCUT2D eigenvalue weighted by Crippen LogP contribution is 2.40. The fourth-order valence-corrected chi connectivity index (χ4v) is 4.28. The number of nitrogens with zero attached hydrogens (tertiary/aromatic N) is 1. The fraction of sp³-hybridized carbons (Fsp3) is 0.500. The summed E-state index contributed by atoms with van der Waals surface area (Å²) in [6, 6.07) is 3.91. The molecular formula is C12H12BrNO2S. The van der Waals surface area contributed by atoms with E-state index in [1.54, 1.807) is 11.3 Å². The van der Waals surface area contributed by atoms with Crippen LogP contribution in [0.25, 0.3) is 0 Å². The number of rotatable bonds is 2. The van der Waals surface area contributed by atoms with Gasteiger partial charge in [0, 0.05) is 4.88 Å². The predicted octanol–water partition coefficient (Wildman–Crippen LogP) is 2.80. The van der Waals surface area contributed by atoms with E-state index in [9.17, 15) is 9.59 Å². The number of carbonyl (C=O) groups is 2. The smallest absolute Gasteiger partial charge is 0.233 e. The van der Waals surface area contributed by atoms with Crippen LogP contribution >= 0.6 is 27.3 Å². The molecule has 1 saturated heterocycles. The van der Waals surface area contributed by atoms with Crippen molar-refractivity contribution >= 4 is 39.1 Å². The number of amides is 2. The lowest BCUT2D eigenvalue weighted by Crippen LogP contribution is -2.30. The molecule has 90 valence electrons. The highest BCUT2D eigenvalue weighted by molar-refractivity contribution is 9.11. The minimum absolute atomic E-state index is 0.0223. The lowest BCUT2D eigenvalue weighted by molar-refractivity contribution is -0.140. The molecule has 3 rings (SSSR count). The Balaban J connectivity index is 1.80. The van der Waals surface area contributed by atoms with Crippen LogP contribution < -0.4 is 0 Å². The summed E-state index contributed by atoms with van der Waals surface area (Å²) >= 11 is 4.97. The Hall–Kier alpha value is -0.680. The molecule has 0 spiro atoms. The summed E-state index contributed by atoms with van der Waals surface area (Å²) in [7, 11) is 0. The monoisotopic (exact) mass is 313 g/mol. The van der Waals surface area contributed by atoms with E-state index in [1.165, 1.54) is 4.90 Å². The molecule has 0 N–H and O–H groups in total. The van der Waals surface area contributed by atoms with Gasteiger partial charge < -0.3 is 0 Å². The summed E-state index contributed by atoms with van der Waals surface area (Å²) in [5.74, 6) is 0.0425. The van der Waals surface area contributed by atoms with E-state index >= 15 is 0 Å². The molecule has 2 fully saturated rings. The van der Waals surface area contributed by atoms with Crippen molar-refractivity contribution < 1.29 is 9.59 Å². The molecule has 2 aliphatic rings. The second-order valence-electron chi connectivity index (χ2n) is 4.61. The first kappa shape index (κ1) is 11.4. The zero-order valence-electron chi connectivity index (χ0n) is 9.19. The third kappa shape index (κ3) is 1.85. The third-order valence-corrected chi connectivity index (χ3v) is 5.23. The molecule has 2 amide bonds. The van der Waals surface area contributed by atoms with Crippen LogP contribution in [0.1, 0.15) is 24.1 Å². The van der Waals surface area contributed by atoms with E-state index in [1.807, 2.05) is 12.1 Å². The molecule has 0 bridgehead atoms. The van der Waals surface area contributed by atoms with Crippen molar-refractivity contribution in [2.24, 2.45) is 11.8 Å². The van der Waals surface area contributed by atoms with Gasteiger partial charge >= 0.3 is 0 Å². The molecule has 2 unspecified atom stereocenters. The quantitative estimate of drug-likeness (QED) is 0.787. The van der Waals surface area contributed by atoms with Crippen molar-refractivity contribution in [3.63, 3.8) is 0 Å². The Morgan fingerprint density at radius 1 is 1.24 bits per heavy atom. The first-order chi connectivity index (χ1) is 8.16. The molecule has 1 aromatic rings. The molecule has 1 aliphatic carbocycles. The number of thiophene rings is 1. The van der Waals surface area contributed by atoms with Gasteiger partial charge in [0.1, 0.15) is 0 Å². The highest BCUT2D eigenvalue weighted by atomic mass is 79.9. The maximum absolute atomic E-state index is 12.1. The average molecular weight is 314 g/mol. The van der Waals surface area contributed by atoms with Crippen molar-refractivity contribution in [1.29, 1.82) is 0 Å². The van der Waals surface area contributed by atoms with Crippen LogP contribution in [0.4, 0.5) is 0 Å². The summed E-state index contributed by atoms with van der Waals surface area (Å²) < 4.78 is 1.03. The highest BCUT2D eigenvalue weighted by Gasteiger charge is 2.49. The first-order valence-electron chi connectivity index (χ1n) is 5.76. The molecule has 3 nitrogen and oxygen atoms in total. The molecule has 0 aromatic carbocycles. The summed E-state index contributed by atoms with van der Waals surface area (Å²) in [5, 5.41) is 0. The van der Waals surface area contributed by atoms with Crippen LogP contribution in [-0.2, 0) is 16.1 Å². The van der Waals surface area contributed by atoms with Crippen molar-refractivity contribution in [3.05, 3.63) is 20.8 Å². The SMILES string of the molecule is O=C1C2CCCC2C(=O)N1Cc1ccc(Br)s1. The normalized spacial score (nSPS) is 27.9. The van der Waals surface area contributed by atoms with Gasteiger partial charge in [0.05, 0.1) is 22.2 Å². The molecular weight excluding hydrogens is 302 g/mol. The zero-order valence-corrected chi connectivity index (χ0v) is 11.6. The van der Waals surface area contributed by atoms with Crippen LogP contribution in [0.15, 0.2) is 15.9 Å². The molecule has 1 saturated carbocycles. The van der Waals surface area contributed by atoms with E-state index in [0.717, 1.165) is 27.9 Å². The van der Waals surface area contributed by atoms with Gasteiger partial charge in [-0.15, -0.1) is 11.3 Å². The molecule has 1 aliphatic heterocycles. The molecule has 2 atom stereocenters. The van der Waals surface area contributed by atoms with Gasteiger partial charge in [-0.1, -0.05) is 6.42 Å². The fourth-order valence-electron chi connectivity index (χ4n) is 2.81. The number of hydrogen-bond donors (Lipinski definition) is 0. The largest absolute Gasteiger partial charge is 0.277 e. The maximum atomic E-state index is 12.1. The Morgan fingerprint density at radius 2 is 1.88 bits per heavy atom. The topological polar surface area (TPSA) is 37.4 Å². The van der Waals surface area contributed by atoms with E-state index in [2.05, 4.69) is 15.9 Å². The lowest BCUT2D eigenvalue weighted by Gasteiger charge is -2.14. The summed E-state index contributed by atoms with van der Waals surface area (Å²) in [4.78, 5) is 26.7. The molecule has 1 aromatic heterocycles. The Labute approximate surface area is 112 Å². The number of likely N-dealkylation sites (tertiary alicyclic amines) is 1. The number of imide groups is 1. The minimum atomic E-state index is -0.0223. The number of fused-ring (bicyclic) bond motifs is 1. The second-order valence-corrected chi connectivity index (χ2v) is 7.16. The molecule has 2 heterocycles. The van der Waals surface area contributed by atoms with E-state index in [-0.39, 0.29) is 23.7 Å². The average Bonchev–Trinajstić information content (AvgIpc) is 2.96. The van der Waals surface area contributed by atoms with E-state index in [4.69, 9.17) is 0 Å². The first-order valence-corrected chi connectivity index (χ1v) is 7.37. The molecule has 17 heavy (non-hydrogen) atoms. The van der Waals surface area contributed by atoms with Crippen LogP contribution in [-0.4, -0.2) is 16.7 Å².